The molecule has 0 radical (unpaired) electrons. The second kappa shape index (κ2) is 4.11. The molecular formula is C6H13ClFNO. The number of halogens is 2. The van der Waals surface area contributed by atoms with Crippen LogP contribution >= 0.6 is 12.4 Å². The number of hydrogen-bond acceptors (Lipinski definition) is 2. The highest BCUT2D eigenvalue weighted by molar-refractivity contribution is 5.85. The molecule has 1 heterocycles. The van der Waals surface area contributed by atoms with Crippen LogP contribution in [0.4, 0.5) is 4.39 Å². The van der Waals surface area contributed by atoms with E-state index >= 15 is 0 Å². The van der Waals surface area contributed by atoms with E-state index in [0.717, 1.165) is 0 Å². The van der Waals surface area contributed by atoms with Crippen LogP contribution in [-0.2, 0) is 4.74 Å². The molecule has 0 aliphatic carbocycles. The van der Waals surface area contributed by atoms with Crippen molar-refractivity contribution < 1.29 is 9.13 Å². The Balaban J connectivity index is 0.000000810. The van der Waals surface area contributed by atoms with Gasteiger partial charge in [-0.3, -0.25) is 5.32 Å². The van der Waals surface area contributed by atoms with Crippen molar-refractivity contribution in [3.8, 4) is 0 Å². The van der Waals surface area contributed by atoms with Gasteiger partial charge in [0.25, 0.3) is 0 Å². The molecule has 0 unspecified atom stereocenters. The molecule has 0 saturated carbocycles. The van der Waals surface area contributed by atoms with Gasteiger partial charge >= 0.3 is 0 Å². The fourth-order valence-corrected chi connectivity index (χ4v) is 0.945. The van der Waals surface area contributed by atoms with Gasteiger partial charge in [0.2, 0.25) is 0 Å². The maximum Gasteiger partial charge on any atom is 0.165 e. The van der Waals surface area contributed by atoms with Crippen molar-refractivity contribution in [3.63, 3.8) is 0 Å². The molecule has 0 aromatic rings. The number of alkyl halides is 1. The summed E-state index contributed by atoms with van der Waals surface area (Å²) in [5, 5.41) is 2.63. The summed E-state index contributed by atoms with van der Waals surface area (Å²) in [6, 6.07) is 0. The molecule has 10 heavy (non-hydrogen) atoms. The topological polar surface area (TPSA) is 21.3 Å². The normalized spacial score (nSPS) is 23.4. The molecule has 0 aromatic carbocycles. The van der Waals surface area contributed by atoms with Gasteiger partial charge < -0.3 is 4.74 Å². The van der Waals surface area contributed by atoms with Gasteiger partial charge in [0.1, 0.15) is 0 Å². The predicted molar refractivity (Wildman–Crippen MR) is 40.2 cm³/mol. The number of rotatable bonds is 1. The molecule has 0 bridgehead atoms. The van der Waals surface area contributed by atoms with Crippen LogP contribution in [0.5, 0.6) is 0 Å². The molecule has 0 amide bonds. The Morgan fingerprint density at radius 2 is 1.90 bits per heavy atom. The molecule has 1 aliphatic rings. The lowest BCUT2D eigenvalue weighted by molar-refractivity contribution is -0.0238. The average molecular weight is 170 g/mol. The molecule has 1 aliphatic heterocycles. The first kappa shape index (κ1) is 10.1. The third kappa shape index (κ3) is 2.40. The Kier molecular flexibility index (Phi) is 4.17. The molecule has 0 aromatic heterocycles. The second-order valence-electron chi connectivity index (χ2n) is 2.33. The van der Waals surface area contributed by atoms with Crippen molar-refractivity contribution in [1.82, 2.24) is 5.32 Å². The Morgan fingerprint density at radius 1 is 1.40 bits per heavy atom. The molecule has 0 atom stereocenters. The zero-order chi connectivity index (χ0) is 6.74. The molecule has 4 heteroatoms. The van der Waals surface area contributed by atoms with Crippen molar-refractivity contribution >= 4 is 12.4 Å². The van der Waals surface area contributed by atoms with Gasteiger partial charge in [0.05, 0.1) is 13.2 Å². The quantitative estimate of drug-likeness (QED) is 0.594. The predicted octanol–water partition coefficient (Wildman–Crippen LogP) is 1.10. The summed E-state index contributed by atoms with van der Waals surface area (Å²) >= 11 is 0. The second-order valence-corrected chi connectivity index (χ2v) is 2.33. The van der Waals surface area contributed by atoms with Crippen LogP contribution in [0.1, 0.15) is 12.8 Å². The van der Waals surface area contributed by atoms with Gasteiger partial charge in [-0.25, -0.2) is 4.39 Å². The van der Waals surface area contributed by atoms with Gasteiger partial charge in [-0.15, -0.1) is 12.4 Å². The highest BCUT2D eigenvalue weighted by Gasteiger charge is 2.29. The SMILES string of the molecule is CNC1(F)CCOCC1.Cl. The average Bonchev–Trinajstić information content (AvgIpc) is 1.90. The standard InChI is InChI=1S/C6H12FNO.ClH/c1-8-6(7)2-4-9-5-3-6;/h8H,2-5H2,1H3;1H. The van der Waals surface area contributed by atoms with Gasteiger partial charge in [-0.2, -0.15) is 0 Å². The smallest absolute Gasteiger partial charge is 0.165 e. The summed E-state index contributed by atoms with van der Waals surface area (Å²) in [6.07, 6.45) is 0.951. The maximum absolute atomic E-state index is 13.1. The number of ether oxygens (including phenoxy) is 1. The molecule has 1 N–H and O–H groups in total. The van der Waals surface area contributed by atoms with Gasteiger partial charge in [-0.05, 0) is 7.05 Å². The van der Waals surface area contributed by atoms with E-state index in [0.29, 0.717) is 26.1 Å². The molecule has 1 rings (SSSR count). The van der Waals surface area contributed by atoms with Crippen LogP contribution < -0.4 is 5.32 Å². The fourth-order valence-electron chi connectivity index (χ4n) is 0.945. The summed E-state index contributed by atoms with van der Waals surface area (Å²) < 4.78 is 18.1. The third-order valence-corrected chi connectivity index (χ3v) is 1.73. The number of hydrogen-bond donors (Lipinski definition) is 1. The maximum atomic E-state index is 13.1. The van der Waals surface area contributed by atoms with Crippen LogP contribution in [0.15, 0.2) is 0 Å². The van der Waals surface area contributed by atoms with Crippen molar-refractivity contribution in [1.29, 1.82) is 0 Å². The monoisotopic (exact) mass is 169 g/mol. The van der Waals surface area contributed by atoms with Crippen LogP contribution in [0.3, 0.4) is 0 Å². The van der Waals surface area contributed by atoms with Crippen LogP contribution in [0.2, 0.25) is 0 Å². The summed E-state index contributed by atoms with van der Waals surface area (Å²) in [4.78, 5) is 0. The lowest BCUT2D eigenvalue weighted by Crippen LogP contribution is -2.43. The Labute approximate surface area is 66.5 Å². The van der Waals surface area contributed by atoms with E-state index in [4.69, 9.17) is 4.74 Å². The lowest BCUT2D eigenvalue weighted by atomic mass is 10.1. The zero-order valence-electron chi connectivity index (χ0n) is 6.02. The van der Waals surface area contributed by atoms with Crippen LogP contribution in [0, 0.1) is 0 Å². The molecular weight excluding hydrogens is 157 g/mol. The third-order valence-electron chi connectivity index (χ3n) is 1.73. The van der Waals surface area contributed by atoms with E-state index in [1.807, 2.05) is 0 Å². The van der Waals surface area contributed by atoms with Crippen LogP contribution in [0.25, 0.3) is 0 Å². The van der Waals surface area contributed by atoms with Crippen molar-refractivity contribution in [2.24, 2.45) is 0 Å². The summed E-state index contributed by atoms with van der Waals surface area (Å²) in [5.41, 5.74) is 0. The lowest BCUT2D eigenvalue weighted by Gasteiger charge is -2.28. The van der Waals surface area contributed by atoms with Crippen molar-refractivity contribution in [2.75, 3.05) is 20.3 Å². The summed E-state index contributed by atoms with van der Waals surface area (Å²) in [7, 11) is 1.64. The minimum atomic E-state index is -1.15. The Bertz CT molecular complexity index is 95.7. The van der Waals surface area contributed by atoms with Crippen molar-refractivity contribution in [3.05, 3.63) is 0 Å². The van der Waals surface area contributed by atoms with E-state index in [-0.39, 0.29) is 12.4 Å². The molecule has 62 valence electrons. The summed E-state index contributed by atoms with van der Waals surface area (Å²) in [5.74, 6) is -1.15. The first-order chi connectivity index (χ1) is 4.27. The zero-order valence-corrected chi connectivity index (χ0v) is 6.84. The van der Waals surface area contributed by atoms with Gasteiger partial charge in [0.15, 0.2) is 5.79 Å². The van der Waals surface area contributed by atoms with Crippen molar-refractivity contribution in [2.45, 2.75) is 18.6 Å². The van der Waals surface area contributed by atoms with Gasteiger partial charge in [-0.1, -0.05) is 0 Å². The highest BCUT2D eigenvalue weighted by Crippen LogP contribution is 2.20. The van der Waals surface area contributed by atoms with E-state index in [9.17, 15) is 4.39 Å². The van der Waals surface area contributed by atoms with E-state index < -0.39 is 5.79 Å². The van der Waals surface area contributed by atoms with E-state index in [1.54, 1.807) is 7.05 Å². The molecule has 1 saturated heterocycles. The molecule has 2 nitrogen and oxygen atoms in total. The fraction of sp³-hybridized carbons (Fsp3) is 1.00. The highest BCUT2D eigenvalue weighted by atomic mass is 35.5. The molecule has 0 spiro atoms. The Hall–Kier alpha value is 0.140. The minimum absolute atomic E-state index is 0. The van der Waals surface area contributed by atoms with Crippen LogP contribution in [-0.4, -0.2) is 26.1 Å². The summed E-state index contributed by atoms with van der Waals surface area (Å²) in [6.45, 7) is 1.08. The first-order valence-corrected chi connectivity index (χ1v) is 3.22. The largest absolute Gasteiger partial charge is 0.381 e. The van der Waals surface area contributed by atoms with Gasteiger partial charge in [0, 0.05) is 12.8 Å². The molecule has 1 fully saturated rings. The van der Waals surface area contributed by atoms with E-state index in [1.165, 1.54) is 0 Å². The Morgan fingerprint density at radius 3 is 2.20 bits per heavy atom. The first-order valence-electron chi connectivity index (χ1n) is 3.22. The van der Waals surface area contributed by atoms with E-state index in [2.05, 4.69) is 5.32 Å². The number of nitrogens with one attached hydrogen (secondary N) is 1. The minimum Gasteiger partial charge on any atom is -0.381 e.